The minimum Gasteiger partial charge on any atom is -0.494 e. The third-order valence-corrected chi connectivity index (χ3v) is 4.34. The van der Waals surface area contributed by atoms with Crippen LogP contribution >= 0.6 is 12.4 Å². The van der Waals surface area contributed by atoms with Gasteiger partial charge in [-0.2, -0.15) is 0 Å². The maximum absolute atomic E-state index is 13.7. The predicted octanol–water partition coefficient (Wildman–Crippen LogP) is 3.64. The molecule has 0 saturated carbocycles. The summed E-state index contributed by atoms with van der Waals surface area (Å²) in [6, 6.07) is 5.65. The van der Waals surface area contributed by atoms with E-state index in [0.717, 1.165) is 31.7 Å². The van der Waals surface area contributed by atoms with Gasteiger partial charge in [0.05, 0.1) is 7.11 Å². The number of benzene rings is 1. The summed E-state index contributed by atoms with van der Waals surface area (Å²) in [6.07, 6.45) is 2.34. The molecule has 2 atom stereocenters. The number of piperazine rings is 1. The highest BCUT2D eigenvalue weighted by Crippen LogP contribution is 2.34. The number of nitrogens with zero attached hydrogens (tertiary/aromatic N) is 1. The molecule has 5 heteroatoms. The summed E-state index contributed by atoms with van der Waals surface area (Å²) >= 11 is 0. The molecule has 0 bridgehead atoms. The Morgan fingerprint density at radius 1 is 1.32 bits per heavy atom. The van der Waals surface area contributed by atoms with Crippen molar-refractivity contribution in [3.05, 3.63) is 29.6 Å². The maximum atomic E-state index is 13.7. The third-order valence-electron chi connectivity index (χ3n) is 4.34. The second-order valence-corrected chi connectivity index (χ2v) is 5.89. The first-order valence-corrected chi connectivity index (χ1v) is 7.95. The van der Waals surface area contributed by atoms with Crippen LogP contribution in [-0.4, -0.2) is 38.2 Å². The van der Waals surface area contributed by atoms with Crippen LogP contribution in [0.1, 0.15) is 38.3 Å². The maximum Gasteiger partial charge on any atom is 0.165 e. The van der Waals surface area contributed by atoms with Gasteiger partial charge in [-0.3, -0.25) is 4.90 Å². The minimum absolute atomic E-state index is 0. The number of nitrogens with one attached hydrogen (secondary N) is 1. The molecule has 0 spiro atoms. The van der Waals surface area contributed by atoms with E-state index in [1.54, 1.807) is 0 Å². The third kappa shape index (κ3) is 4.58. The van der Waals surface area contributed by atoms with Crippen molar-refractivity contribution in [2.75, 3.05) is 33.3 Å². The Morgan fingerprint density at radius 3 is 2.59 bits per heavy atom. The van der Waals surface area contributed by atoms with Crippen molar-refractivity contribution >= 4 is 12.4 Å². The fourth-order valence-electron chi connectivity index (χ4n) is 3.33. The number of hydrogen-bond donors (Lipinski definition) is 1. The normalized spacial score (nSPS) is 18.4. The van der Waals surface area contributed by atoms with Gasteiger partial charge in [-0.05, 0) is 30.0 Å². The summed E-state index contributed by atoms with van der Waals surface area (Å²) in [5.41, 5.74) is 1.16. The van der Waals surface area contributed by atoms with Gasteiger partial charge in [0.15, 0.2) is 11.6 Å². The predicted molar refractivity (Wildman–Crippen MR) is 91.5 cm³/mol. The van der Waals surface area contributed by atoms with Crippen LogP contribution in [0.25, 0.3) is 0 Å². The zero-order valence-corrected chi connectivity index (χ0v) is 14.6. The summed E-state index contributed by atoms with van der Waals surface area (Å²) in [7, 11) is 1.53. The molecule has 1 aliphatic rings. The molecule has 1 aliphatic heterocycles. The van der Waals surface area contributed by atoms with Gasteiger partial charge in [0, 0.05) is 32.2 Å². The fourth-order valence-corrected chi connectivity index (χ4v) is 3.33. The molecule has 1 saturated heterocycles. The zero-order chi connectivity index (χ0) is 15.2. The first kappa shape index (κ1) is 19.2. The fraction of sp³-hybridized carbons (Fsp3) is 0.647. The van der Waals surface area contributed by atoms with E-state index >= 15 is 0 Å². The van der Waals surface area contributed by atoms with Crippen molar-refractivity contribution in [3.63, 3.8) is 0 Å². The molecular weight excluding hydrogens is 303 g/mol. The molecule has 0 radical (unpaired) electrons. The van der Waals surface area contributed by atoms with Crippen LogP contribution in [0.5, 0.6) is 5.75 Å². The SMILES string of the molecule is CCCC(C)[C@H](c1ccc(F)c(OC)c1)N1CCNCC1.Cl. The lowest BCUT2D eigenvalue weighted by Gasteiger charge is -2.38. The van der Waals surface area contributed by atoms with E-state index in [1.165, 1.54) is 26.0 Å². The van der Waals surface area contributed by atoms with Crippen LogP contribution in [0.4, 0.5) is 4.39 Å². The average Bonchev–Trinajstić information content (AvgIpc) is 2.50. The topological polar surface area (TPSA) is 24.5 Å². The molecule has 1 N–H and O–H groups in total. The van der Waals surface area contributed by atoms with Gasteiger partial charge in [0.1, 0.15) is 0 Å². The lowest BCUT2D eigenvalue weighted by Crippen LogP contribution is -2.46. The Bertz CT molecular complexity index is 452. The number of methoxy groups -OCH3 is 1. The highest BCUT2D eigenvalue weighted by molar-refractivity contribution is 5.85. The van der Waals surface area contributed by atoms with Gasteiger partial charge in [-0.1, -0.05) is 26.3 Å². The lowest BCUT2D eigenvalue weighted by molar-refractivity contribution is 0.126. The van der Waals surface area contributed by atoms with Crippen LogP contribution in [-0.2, 0) is 0 Å². The summed E-state index contributed by atoms with van der Waals surface area (Å²) < 4.78 is 18.8. The molecule has 0 aromatic heterocycles. The van der Waals surface area contributed by atoms with Gasteiger partial charge in [-0.25, -0.2) is 4.39 Å². The Labute approximate surface area is 139 Å². The van der Waals surface area contributed by atoms with Crippen molar-refractivity contribution in [3.8, 4) is 5.75 Å². The first-order valence-electron chi connectivity index (χ1n) is 7.95. The monoisotopic (exact) mass is 330 g/mol. The second kappa shape index (κ2) is 9.33. The molecule has 1 aromatic carbocycles. The molecule has 2 rings (SSSR count). The second-order valence-electron chi connectivity index (χ2n) is 5.89. The van der Waals surface area contributed by atoms with Crippen molar-refractivity contribution in [2.24, 2.45) is 5.92 Å². The van der Waals surface area contributed by atoms with Crippen LogP contribution in [0.2, 0.25) is 0 Å². The molecule has 1 heterocycles. The van der Waals surface area contributed by atoms with E-state index in [0.29, 0.717) is 17.7 Å². The summed E-state index contributed by atoms with van der Waals surface area (Å²) in [5.74, 6) is 0.600. The van der Waals surface area contributed by atoms with Gasteiger partial charge in [-0.15, -0.1) is 12.4 Å². The first-order chi connectivity index (χ1) is 10.2. The highest BCUT2D eigenvalue weighted by Gasteiger charge is 2.27. The Hall–Kier alpha value is -0.840. The number of halogens is 2. The molecular formula is C17H28ClFN2O. The van der Waals surface area contributed by atoms with E-state index in [-0.39, 0.29) is 18.2 Å². The van der Waals surface area contributed by atoms with E-state index < -0.39 is 0 Å². The average molecular weight is 331 g/mol. The molecule has 1 aromatic rings. The van der Waals surface area contributed by atoms with Crippen molar-refractivity contribution in [1.29, 1.82) is 0 Å². The molecule has 0 amide bonds. The standard InChI is InChI=1S/C17H27FN2O.ClH/c1-4-5-13(2)17(20-10-8-19-9-11-20)14-6-7-15(18)16(12-14)21-3;/h6-7,12-13,17,19H,4-5,8-11H2,1-3H3;1H/t13?,17-;/m1./s1. The number of ether oxygens (including phenoxy) is 1. The summed E-state index contributed by atoms with van der Waals surface area (Å²) in [6.45, 7) is 8.64. The summed E-state index contributed by atoms with van der Waals surface area (Å²) in [5, 5.41) is 3.40. The molecule has 1 unspecified atom stereocenters. The lowest BCUT2D eigenvalue weighted by atomic mass is 9.89. The van der Waals surface area contributed by atoms with Crippen molar-refractivity contribution < 1.29 is 9.13 Å². The van der Waals surface area contributed by atoms with Crippen molar-refractivity contribution in [1.82, 2.24) is 10.2 Å². The van der Waals surface area contributed by atoms with Crippen LogP contribution < -0.4 is 10.1 Å². The summed E-state index contributed by atoms with van der Waals surface area (Å²) in [4.78, 5) is 2.52. The smallest absolute Gasteiger partial charge is 0.165 e. The molecule has 0 aliphatic carbocycles. The van der Waals surface area contributed by atoms with Crippen LogP contribution in [0.15, 0.2) is 18.2 Å². The van der Waals surface area contributed by atoms with Crippen LogP contribution in [0.3, 0.4) is 0 Å². The molecule has 126 valence electrons. The van der Waals surface area contributed by atoms with Gasteiger partial charge in [0.2, 0.25) is 0 Å². The number of rotatable bonds is 6. The van der Waals surface area contributed by atoms with E-state index in [2.05, 4.69) is 24.1 Å². The van der Waals surface area contributed by atoms with Gasteiger partial charge < -0.3 is 10.1 Å². The largest absolute Gasteiger partial charge is 0.494 e. The van der Waals surface area contributed by atoms with E-state index in [9.17, 15) is 4.39 Å². The van der Waals surface area contributed by atoms with Crippen molar-refractivity contribution in [2.45, 2.75) is 32.7 Å². The van der Waals surface area contributed by atoms with E-state index in [1.807, 2.05) is 12.1 Å². The Morgan fingerprint density at radius 2 is 2.00 bits per heavy atom. The van der Waals surface area contributed by atoms with E-state index in [4.69, 9.17) is 4.74 Å². The molecule has 22 heavy (non-hydrogen) atoms. The number of hydrogen-bond acceptors (Lipinski definition) is 3. The minimum atomic E-state index is -0.288. The Balaban J connectivity index is 0.00000242. The van der Waals surface area contributed by atoms with Gasteiger partial charge in [0.25, 0.3) is 0 Å². The Kier molecular flexibility index (Phi) is 8.15. The zero-order valence-electron chi connectivity index (χ0n) is 13.8. The highest BCUT2D eigenvalue weighted by atomic mass is 35.5. The molecule has 1 fully saturated rings. The van der Waals surface area contributed by atoms with Gasteiger partial charge >= 0.3 is 0 Å². The quantitative estimate of drug-likeness (QED) is 0.862. The molecule has 3 nitrogen and oxygen atoms in total. The van der Waals surface area contributed by atoms with Crippen LogP contribution in [0, 0.1) is 11.7 Å².